The predicted octanol–water partition coefficient (Wildman–Crippen LogP) is 5.20. The lowest BCUT2D eigenvalue weighted by Gasteiger charge is -2.19. The summed E-state index contributed by atoms with van der Waals surface area (Å²) in [7, 11) is 0. The number of halogens is 1. The average Bonchev–Trinajstić information content (AvgIpc) is 3.28. The number of nitrogens with one attached hydrogen (secondary N) is 1. The van der Waals surface area contributed by atoms with Gasteiger partial charge in [-0.05, 0) is 57.4 Å². The Bertz CT molecular complexity index is 1430. The topological polar surface area (TPSA) is 85.6 Å². The first kappa shape index (κ1) is 26.0. The van der Waals surface area contributed by atoms with E-state index in [9.17, 15) is 14.0 Å². The molecule has 37 heavy (non-hydrogen) atoms. The van der Waals surface area contributed by atoms with Crippen molar-refractivity contribution >= 4 is 17.5 Å². The van der Waals surface area contributed by atoms with Crippen LogP contribution in [-0.2, 0) is 20.7 Å². The van der Waals surface area contributed by atoms with Gasteiger partial charge in [0.1, 0.15) is 5.82 Å². The van der Waals surface area contributed by atoms with E-state index in [4.69, 9.17) is 4.74 Å². The lowest BCUT2D eigenvalue weighted by molar-refractivity contribution is -0.143. The molecule has 0 bridgehead atoms. The number of ether oxygens (including phenoxy) is 1. The first-order valence-corrected chi connectivity index (χ1v) is 12.4. The van der Waals surface area contributed by atoms with Gasteiger partial charge in [0.05, 0.1) is 24.8 Å². The summed E-state index contributed by atoms with van der Waals surface area (Å²) in [4.78, 5) is 29.8. The number of aromatic nitrogens is 3. The SMILES string of the molecule is CCOC(=O)C[C@@H](NC(=O)CCc1c(C)nc2cc(-c3cccc(F)c3)nn2c1C)c1ccc(C)cc1. The summed E-state index contributed by atoms with van der Waals surface area (Å²) in [5.74, 6) is -0.855. The van der Waals surface area contributed by atoms with E-state index in [0.717, 1.165) is 28.1 Å². The third kappa shape index (κ3) is 6.20. The summed E-state index contributed by atoms with van der Waals surface area (Å²) >= 11 is 0. The van der Waals surface area contributed by atoms with Crippen molar-refractivity contribution in [2.75, 3.05) is 6.61 Å². The van der Waals surface area contributed by atoms with Gasteiger partial charge in [-0.3, -0.25) is 9.59 Å². The molecule has 2 aromatic carbocycles. The Morgan fingerprint density at radius 3 is 2.54 bits per heavy atom. The van der Waals surface area contributed by atoms with Gasteiger partial charge in [-0.1, -0.05) is 42.0 Å². The zero-order chi connectivity index (χ0) is 26.5. The fourth-order valence-electron chi connectivity index (χ4n) is 4.42. The van der Waals surface area contributed by atoms with E-state index in [1.54, 1.807) is 23.6 Å². The largest absolute Gasteiger partial charge is 0.466 e. The highest BCUT2D eigenvalue weighted by atomic mass is 19.1. The molecule has 0 saturated heterocycles. The van der Waals surface area contributed by atoms with Gasteiger partial charge >= 0.3 is 5.97 Å². The first-order chi connectivity index (χ1) is 17.7. The van der Waals surface area contributed by atoms with Crippen LogP contribution in [0.5, 0.6) is 0 Å². The molecule has 7 nitrogen and oxygen atoms in total. The van der Waals surface area contributed by atoms with Gasteiger partial charge in [0.25, 0.3) is 0 Å². The summed E-state index contributed by atoms with van der Waals surface area (Å²) in [6, 6.07) is 15.4. The first-order valence-electron chi connectivity index (χ1n) is 12.4. The van der Waals surface area contributed by atoms with E-state index in [2.05, 4.69) is 15.4 Å². The molecule has 0 fully saturated rings. The molecule has 0 spiro atoms. The smallest absolute Gasteiger partial charge is 0.308 e. The minimum absolute atomic E-state index is 0.0599. The minimum Gasteiger partial charge on any atom is -0.466 e. The molecule has 1 amide bonds. The zero-order valence-electron chi connectivity index (χ0n) is 21.5. The van der Waals surface area contributed by atoms with E-state index < -0.39 is 6.04 Å². The van der Waals surface area contributed by atoms with Gasteiger partial charge in [0, 0.05) is 29.4 Å². The summed E-state index contributed by atoms with van der Waals surface area (Å²) < 4.78 is 20.5. The number of rotatable bonds is 9. The number of esters is 1. The molecule has 1 N–H and O–H groups in total. The van der Waals surface area contributed by atoms with Crippen LogP contribution in [0.1, 0.15) is 53.9 Å². The second-order valence-electron chi connectivity index (χ2n) is 9.11. The summed E-state index contributed by atoms with van der Waals surface area (Å²) in [6.07, 6.45) is 0.740. The number of benzene rings is 2. The highest BCUT2D eigenvalue weighted by Gasteiger charge is 2.20. The number of hydrogen-bond donors (Lipinski definition) is 1. The number of fused-ring (bicyclic) bond motifs is 1. The van der Waals surface area contributed by atoms with E-state index in [1.165, 1.54) is 12.1 Å². The fourth-order valence-corrected chi connectivity index (χ4v) is 4.42. The fraction of sp³-hybridized carbons (Fsp3) is 0.310. The van der Waals surface area contributed by atoms with Crippen molar-refractivity contribution in [3.63, 3.8) is 0 Å². The minimum atomic E-state index is -0.477. The van der Waals surface area contributed by atoms with E-state index in [-0.39, 0.29) is 37.1 Å². The summed E-state index contributed by atoms with van der Waals surface area (Å²) in [5, 5.41) is 7.63. The lowest BCUT2D eigenvalue weighted by atomic mass is 10.0. The Morgan fingerprint density at radius 2 is 1.84 bits per heavy atom. The number of amides is 1. The van der Waals surface area contributed by atoms with Crippen LogP contribution in [0.4, 0.5) is 4.39 Å². The van der Waals surface area contributed by atoms with Gasteiger partial charge < -0.3 is 10.1 Å². The van der Waals surface area contributed by atoms with Crippen LogP contribution in [-0.4, -0.2) is 33.1 Å². The normalized spacial score (nSPS) is 11.9. The lowest BCUT2D eigenvalue weighted by Crippen LogP contribution is -2.31. The number of carbonyl (C=O) groups excluding carboxylic acids is 2. The van der Waals surface area contributed by atoms with Crippen LogP contribution in [0.2, 0.25) is 0 Å². The maximum Gasteiger partial charge on any atom is 0.308 e. The maximum absolute atomic E-state index is 13.7. The summed E-state index contributed by atoms with van der Waals surface area (Å²) in [6.45, 7) is 7.88. The highest BCUT2D eigenvalue weighted by molar-refractivity contribution is 5.78. The van der Waals surface area contributed by atoms with Crippen LogP contribution < -0.4 is 5.32 Å². The van der Waals surface area contributed by atoms with Crippen molar-refractivity contribution in [3.8, 4) is 11.3 Å². The van der Waals surface area contributed by atoms with Crippen molar-refractivity contribution in [1.29, 1.82) is 0 Å². The second kappa shape index (κ2) is 11.3. The molecule has 8 heteroatoms. The Balaban J connectivity index is 1.51. The molecular formula is C29H31FN4O3. The number of hydrogen-bond acceptors (Lipinski definition) is 5. The van der Waals surface area contributed by atoms with Crippen molar-refractivity contribution in [1.82, 2.24) is 19.9 Å². The van der Waals surface area contributed by atoms with Crippen LogP contribution in [0.3, 0.4) is 0 Å². The van der Waals surface area contributed by atoms with Crippen LogP contribution >= 0.6 is 0 Å². The van der Waals surface area contributed by atoms with Crippen LogP contribution in [0.25, 0.3) is 16.9 Å². The maximum atomic E-state index is 13.7. The molecular weight excluding hydrogens is 471 g/mol. The monoisotopic (exact) mass is 502 g/mol. The van der Waals surface area contributed by atoms with Gasteiger partial charge in [-0.25, -0.2) is 13.9 Å². The standard InChI is InChI=1S/C29H31FN4O3/c1-5-37-29(36)17-25(21-11-9-18(2)10-12-21)32-28(35)14-13-24-19(3)31-27-16-26(33-34(27)20(24)4)22-7-6-8-23(30)15-22/h6-12,15-16,25H,5,13-14,17H2,1-4H3,(H,32,35)/t25-/m1/s1. The molecule has 2 aromatic heterocycles. The van der Waals surface area contributed by atoms with Gasteiger partial charge in [0.2, 0.25) is 5.91 Å². The third-order valence-electron chi connectivity index (χ3n) is 6.38. The van der Waals surface area contributed by atoms with Crippen LogP contribution in [0.15, 0.2) is 54.6 Å². The Hall–Kier alpha value is -4.07. The number of nitrogens with zero attached hydrogens (tertiary/aromatic N) is 3. The Morgan fingerprint density at radius 1 is 1.08 bits per heavy atom. The molecule has 192 valence electrons. The van der Waals surface area contributed by atoms with Crippen molar-refractivity contribution in [2.45, 2.75) is 53.0 Å². The third-order valence-corrected chi connectivity index (χ3v) is 6.38. The van der Waals surface area contributed by atoms with Gasteiger partial charge in [0.15, 0.2) is 5.65 Å². The molecule has 0 aliphatic heterocycles. The molecule has 2 heterocycles. The van der Waals surface area contributed by atoms with Crippen molar-refractivity contribution in [3.05, 3.63) is 88.5 Å². The predicted molar refractivity (Wildman–Crippen MR) is 139 cm³/mol. The Labute approximate surface area is 215 Å². The number of aryl methyl sites for hydroxylation is 3. The molecule has 0 unspecified atom stereocenters. The van der Waals surface area contributed by atoms with Gasteiger partial charge in [-0.15, -0.1) is 0 Å². The molecule has 4 rings (SSSR count). The van der Waals surface area contributed by atoms with Crippen molar-refractivity contribution < 1.29 is 18.7 Å². The molecule has 4 aromatic rings. The quantitative estimate of drug-likeness (QED) is 0.318. The highest BCUT2D eigenvalue weighted by Crippen LogP contribution is 2.24. The van der Waals surface area contributed by atoms with Crippen molar-refractivity contribution in [2.24, 2.45) is 0 Å². The number of carbonyl (C=O) groups is 2. The van der Waals surface area contributed by atoms with E-state index >= 15 is 0 Å². The van der Waals surface area contributed by atoms with E-state index in [1.807, 2.05) is 51.1 Å². The van der Waals surface area contributed by atoms with Gasteiger partial charge in [-0.2, -0.15) is 5.10 Å². The zero-order valence-corrected chi connectivity index (χ0v) is 21.5. The van der Waals surface area contributed by atoms with E-state index in [0.29, 0.717) is 23.3 Å². The summed E-state index contributed by atoms with van der Waals surface area (Å²) in [5.41, 5.74) is 6.52. The average molecular weight is 503 g/mol. The second-order valence-corrected chi connectivity index (χ2v) is 9.11. The molecule has 0 aliphatic carbocycles. The Kier molecular flexibility index (Phi) is 7.96. The molecule has 0 radical (unpaired) electrons. The molecule has 1 atom stereocenters. The molecule has 0 saturated carbocycles. The molecule has 0 aliphatic rings. The van der Waals surface area contributed by atoms with Crippen LogP contribution in [0, 0.1) is 26.6 Å².